The third-order valence-electron chi connectivity index (χ3n) is 4.58. The molecule has 2 N–H and O–H groups in total. The highest BCUT2D eigenvalue weighted by Gasteiger charge is 2.17. The summed E-state index contributed by atoms with van der Waals surface area (Å²) in [5.74, 6) is 6.53. The van der Waals surface area contributed by atoms with Crippen molar-refractivity contribution in [3.8, 4) is 11.1 Å². The van der Waals surface area contributed by atoms with Gasteiger partial charge in [-0.25, -0.2) is 18.1 Å². The maximum absolute atomic E-state index is 12.9. The van der Waals surface area contributed by atoms with Gasteiger partial charge in [0.05, 0.1) is 16.0 Å². The molecular weight excluding hydrogens is 438 g/mol. The number of nitrogen functional groups attached to an aromatic ring is 1. The highest BCUT2D eigenvalue weighted by molar-refractivity contribution is 7.99. The lowest BCUT2D eigenvalue weighted by atomic mass is 10.1. The predicted octanol–water partition coefficient (Wildman–Crippen LogP) is 3.79. The van der Waals surface area contributed by atoms with Crippen molar-refractivity contribution in [2.75, 3.05) is 17.3 Å². The molecule has 0 saturated heterocycles. The van der Waals surface area contributed by atoms with Crippen molar-refractivity contribution in [3.05, 3.63) is 76.4 Å². The van der Waals surface area contributed by atoms with Gasteiger partial charge in [-0.3, -0.25) is 4.79 Å². The maximum atomic E-state index is 12.9. The molecule has 0 aliphatic carbocycles. The highest BCUT2D eigenvalue weighted by Crippen LogP contribution is 2.31. The van der Waals surface area contributed by atoms with Gasteiger partial charge < -0.3 is 5.84 Å². The van der Waals surface area contributed by atoms with E-state index in [-0.39, 0.29) is 11.3 Å². The summed E-state index contributed by atoms with van der Waals surface area (Å²) in [5, 5.41) is 2.80. The van der Waals surface area contributed by atoms with Gasteiger partial charge in [-0.05, 0) is 24.1 Å². The fourth-order valence-corrected chi connectivity index (χ4v) is 6.43. The van der Waals surface area contributed by atoms with Gasteiger partial charge in [0.25, 0.3) is 5.56 Å². The zero-order chi connectivity index (χ0) is 21.1. The Morgan fingerprint density at radius 2 is 1.70 bits per heavy atom. The zero-order valence-corrected chi connectivity index (χ0v) is 18.3. The van der Waals surface area contributed by atoms with Crippen LogP contribution < -0.4 is 11.4 Å². The van der Waals surface area contributed by atoms with E-state index in [2.05, 4.69) is 4.98 Å². The van der Waals surface area contributed by atoms with E-state index < -0.39 is 9.84 Å². The van der Waals surface area contributed by atoms with Crippen molar-refractivity contribution >= 4 is 43.2 Å². The average Bonchev–Trinajstić information content (AvgIpc) is 3.20. The number of thioether (sulfide) groups is 1. The van der Waals surface area contributed by atoms with Gasteiger partial charge in [-0.15, -0.1) is 11.3 Å². The molecule has 0 amide bonds. The number of fused-ring (bicyclic) bond motifs is 1. The SMILES string of the molecule is Nn1c(SCCCS(=O)(=O)c2ccccc2)nc2scc(-c3ccccc3)c2c1=O. The summed E-state index contributed by atoms with van der Waals surface area (Å²) < 4.78 is 25.8. The van der Waals surface area contributed by atoms with Crippen LogP contribution in [0.25, 0.3) is 21.3 Å². The highest BCUT2D eigenvalue weighted by atomic mass is 32.2. The number of hydrogen-bond donors (Lipinski definition) is 1. The lowest BCUT2D eigenvalue weighted by Crippen LogP contribution is -2.29. The molecule has 2 heterocycles. The molecule has 0 aliphatic heterocycles. The Balaban J connectivity index is 1.51. The molecule has 0 unspecified atom stereocenters. The van der Waals surface area contributed by atoms with Crippen LogP contribution in [0.3, 0.4) is 0 Å². The Kier molecular flexibility index (Phi) is 5.94. The molecule has 0 fully saturated rings. The largest absolute Gasteiger partial charge is 0.334 e. The monoisotopic (exact) mass is 457 g/mol. The average molecular weight is 458 g/mol. The lowest BCUT2D eigenvalue weighted by Gasteiger charge is -2.08. The van der Waals surface area contributed by atoms with Crippen LogP contribution in [-0.2, 0) is 9.84 Å². The van der Waals surface area contributed by atoms with Gasteiger partial charge in [-0.1, -0.05) is 60.3 Å². The molecule has 154 valence electrons. The molecule has 9 heteroatoms. The van der Waals surface area contributed by atoms with Gasteiger partial charge >= 0.3 is 0 Å². The number of thiophene rings is 1. The van der Waals surface area contributed by atoms with E-state index in [1.165, 1.54) is 23.1 Å². The van der Waals surface area contributed by atoms with Crippen LogP contribution in [-0.4, -0.2) is 29.6 Å². The Morgan fingerprint density at radius 3 is 2.40 bits per heavy atom. The van der Waals surface area contributed by atoms with Gasteiger partial charge in [0, 0.05) is 16.7 Å². The minimum Gasteiger partial charge on any atom is -0.334 e. The second-order valence-corrected chi connectivity index (χ2v) is 10.6. The van der Waals surface area contributed by atoms with Crippen LogP contribution in [0.2, 0.25) is 0 Å². The van der Waals surface area contributed by atoms with E-state index in [1.807, 2.05) is 35.7 Å². The van der Waals surface area contributed by atoms with Crippen molar-refractivity contribution in [3.63, 3.8) is 0 Å². The van der Waals surface area contributed by atoms with Crippen LogP contribution in [0.1, 0.15) is 6.42 Å². The molecule has 6 nitrogen and oxygen atoms in total. The van der Waals surface area contributed by atoms with Gasteiger partial charge in [0.2, 0.25) is 0 Å². The summed E-state index contributed by atoms with van der Waals surface area (Å²) in [4.78, 5) is 18.4. The minimum absolute atomic E-state index is 0.0260. The van der Waals surface area contributed by atoms with Crippen molar-refractivity contribution in [2.45, 2.75) is 16.5 Å². The van der Waals surface area contributed by atoms with Crippen LogP contribution in [0.4, 0.5) is 0 Å². The number of benzene rings is 2. The standard InChI is InChI=1S/C21H19N3O3S3/c22-24-20(25)18-17(15-8-3-1-4-9-15)14-29-19(18)23-21(24)28-12-7-13-30(26,27)16-10-5-2-6-11-16/h1-6,8-11,14H,7,12-13,22H2. The second kappa shape index (κ2) is 8.63. The predicted molar refractivity (Wildman–Crippen MR) is 123 cm³/mol. The number of nitrogens with zero attached hydrogens (tertiary/aromatic N) is 2. The van der Waals surface area contributed by atoms with Crippen molar-refractivity contribution in [2.24, 2.45) is 0 Å². The first-order valence-electron chi connectivity index (χ1n) is 9.23. The van der Waals surface area contributed by atoms with E-state index in [9.17, 15) is 13.2 Å². The fraction of sp³-hybridized carbons (Fsp3) is 0.143. The molecule has 0 aliphatic rings. The van der Waals surface area contributed by atoms with E-state index in [4.69, 9.17) is 5.84 Å². The quantitative estimate of drug-likeness (QED) is 0.196. The summed E-state index contributed by atoms with van der Waals surface area (Å²) in [6.45, 7) is 0. The van der Waals surface area contributed by atoms with Gasteiger partial charge in [-0.2, -0.15) is 0 Å². The second-order valence-electron chi connectivity index (χ2n) is 6.60. The molecule has 2 aromatic carbocycles. The fourth-order valence-electron chi connectivity index (χ4n) is 3.07. The number of hydrogen-bond acceptors (Lipinski definition) is 7. The lowest BCUT2D eigenvalue weighted by molar-refractivity contribution is 0.595. The zero-order valence-electron chi connectivity index (χ0n) is 15.9. The number of sulfone groups is 1. The molecule has 0 radical (unpaired) electrons. The smallest absolute Gasteiger partial charge is 0.282 e. The molecule has 30 heavy (non-hydrogen) atoms. The van der Waals surface area contributed by atoms with Crippen LogP contribution in [0.15, 0.2) is 80.9 Å². The van der Waals surface area contributed by atoms with E-state index in [0.29, 0.717) is 32.4 Å². The third-order valence-corrected chi connectivity index (χ3v) is 8.31. The first-order valence-corrected chi connectivity index (χ1v) is 12.7. The Labute approximate surface area is 182 Å². The Bertz CT molecular complexity index is 1330. The summed E-state index contributed by atoms with van der Waals surface area (Å²) in [6.07, 6.45) is 0.426. The van der Waals surface area contributed by atoms with E-state index in [0.717, 1.165) is 15.8 Å². The first-order chi connectivity index (χ1) is 14.5. The first kappa shape index (κ1) is 20.6. The topological polar surface area (TPSA) is 95.1 Å². The number of nitrogens with two attached hydrogens (primary N) is 1. The summed E-state index contributed by atoms with van der Waals surface area (Å²) in [7, 11) is -3.33. The molecular formula is C21H19N3O3S3. The van der Waals surface area contributed by atoms with E-state index >= 15 is 0 Å². The number of aromatic nitrogens is 2. The number of rotatable bonds is 7. The van der Waals surface area contributed by atoms with Crippen molar-refractivity contribution in [1.29, 1.82) is 0 Å². The normalized spacial score (nSPS) is 11.7. The summed E-state index contributed by atoms with van der Waals surface area (Å²) in [6, 6.07) is 18.0. The van der Waals surface area contributed by atoms with Gasteiger partial charge in [0.1, 0.15) is 4.83 Å². The molecule has 0 bridgehead atoms. The molecule has 0 spiro atoms. The van der Waals surface area contributed by atoms with Crippen LogP contribution in [0.5, 0.6) is 0 Å². The molecule has 2 aromatic heterocycles. The maximum Gasteiger partial charge on any atom is 0.282 e. The van der Waals surface area contributed by atoms with Crippen LogP contribution in [0, 0.1) is 0 Å². The summed E-state index contributed by atoms with van der Waals surface area (Å²) in [5.41, 5.74) is 1.45. The minimum atomic E-state index is -3.33. The Morgan fingerprint density at radius 1 is 1.03 bits per heavy atom. The van der Waals surface area contributed by atoms with Gasteiger partial charge in [0.15, 0.2) is 15.0 Å². The van der Waals surface area contributed by atoms with Crippen molar-refractivity contribution < 1.29 is 8.42 Å². The van der Waals surface area contributed by atoms with E-state index in [1.54, 1.807) is 30.3 Å². The molecule has 0 saturated carbocycles. The van der Waals surface area contributed by atoms with Crippen molar-refractivity contribution in [1.82, 2.24) is 9.66 Å². The summed E-state index contributed by atoms with van der Waals surface area (Å²) >= 11 is 2.68. The third kappa shape index (κ3) is 4.14. The molecule has 0 atom stereocenters. The molecule has 4 rings (SSSR count). The molecule has 4 aromatic rings. The van der Waals surface area contributed by atoms with Crippen LogP contribution >= 0.6 is 23.1 Å². The Hall–Kier alpha value is -2.62.